The minimum absolute atomic E-state index is 0.471. The number of methoxy groups -OCH3 is 2. The fraction of sp³-hybridized carbons (Fsp3) is 0.273. The summed E-state index contributed by atoms with van der Waals surface area (Å²) in [5.74, 6) is 4.29. The molecule has 4 aromatic rings. The molecule has 1 fully saturated rings. The Balaban J connectivity index is 1.37. The molecule has 2 aromatic heterocycles. The van der Waals surface area contributed by atoms with Gasteiger partial charge in [0.15, 0.2) is 5.16 Å². The van der Waals surface area contributed by atoms with Crippen LogP contribution in [0.4, 0.5) is 0 Å². The van der Waals surface area contributed by atoms with E-state index >= 15 is 0 Å². The van der Waals surface area contributed by atoms with Crippen LogP contribution in [0.15, 0.2) is 58.2 Å². The highest BCUT2D eigenvalue weighted by Crippen LogP contribution is 2.41. The molecule has 0 aliphatic heterocycles. The molecule has 1 aliphatic rings. The Morgan fingerprint density at radius 3 is 2.65 bits per heavy atom. The van der Waals surface area contributed by atoms with Gasteiger partial charge < -0.3 is 14.0 Å². The van der Waals surface area contributed by atoms with Crippen molar-refractivity contribution in [2.45, 2.75) is 29.7 Å². The van der Waals surface area contributed by atoms with E-state index in [0.29, 0.717) is 34.9 Å². The van der Waals surface area contributed by atoms with Crippen molar-refractivity contribution in [3.63, 3.8) is 0 Å². The van der Waals surface area contributed by atoms with E-state index in [1.54, 1.807) is 20.3 Å². The largest absolute Gasteiger partial charge is 0.497 e. The second-order valence-corrected chi connectivity index (χ2v) is 8.10. The van der Waals surface area contributed by atoms with Gasteiger partial charge in [-0.3, -0.25) is 4.57 Å². The Morgan fingerprint density at radius 1 is 1.06 bits per heavy atom. The standard InChI is InChI=1S/C22H21N5O3S/c1-28-16-10-11-17(18(12-16)29-2)20-23-19(30-26-20)13-31-22-25-24-21(14-8-9-14)27(22)15-6-4-3-5-7-15/h3-7,10-12,14H,8-9,13H2,1-2H3. The molecule has 31 heavy (non-hydrogen) atoms. The average Bonchev–Trinajstić information content (AvgIpc) is 3.40. The van der Waals surface area contributed by atoms with E-state index < -0.39 is 0 Å². The first-order valence-corrected chi connectivity index (χ1v) is 10.9. The van der Waals surface area contributed by atoms with Crippen molar-refractivity contribution in [2.75, 3.05) is 14.2 Å². The van der Waals surface area contributed by atoms with Crippen LogP contribution < -0.4 is 9.47 Å². The molecule has 5 rings (SSSR count). The number of para-hydroxylation sites is 1. The van der Waals surface area contributed by atoms with Crippen LogP contribution in [0, 0.1) is 0 Å². The van der Waals surface area contributed by atoms with Gasteiger partial charge in [0.2, 0.25) is 11.7 Å². The van der Waals surface area contributed by atoms with Crippen molar-refractivity contribution in [1.82, 2.24) is 24.9 Å². The molecule has 8 nitrogen and oxygen atoms in total. The van der Waals surface area contributed by atoms with Crippen LogP contribution in [0.2, 0.25) is 0 Å². The highest BCUT2D eigenvalue weighted by atomic mass is 32.2. The van der Waals surface area contributed by atoms with Gasteiger partial charge in [0.25, 0.3) is 0 Å². The van der Waals surface area contributed by atoms with Crippen molar-refractivity contribution >= 4 is 11.8 Å². The second kappa shape index (κ2) is 8.43. The third-order valence-corrected chi connectivity index (χ3v) is 5.97. The quantitative estimate of drug-likeness (QED) is 0.374. The van der Waals surface area contributed by atoms with Crippen molar-refractivity contribution in [1.29, 1.82) is 0 Å². The molecule has 0 spiro atoms. The molecule has 9 heteroatoms. The molecule has 0 saturated heterocycles. The zero-order valence-electron chi connectivity index (χ0n) is 17.2. The van der Waals surface area contributed by atoms with Gasteiger partial charge in [0, 0.05) is 17.7 Å². The van der Waals surface area contributed by atoms with Crippen molar-refractivity contribution in [3.05, 3.63) is 60.2 Å². The monoisotopic (exact) mass is 435 g/mol. The highest BCUT2D eigenvalue weighted by Gasteiger charge is 2.31. The normalized spacial score (nSPS) is 13.4. The van der Waals surface area contributed by atoms with Gasteiger partial charge in [-0.15, -0.1) is 10.2 Å². The molecule has 0 unspecified atom stereocenters. The summed E-state index contributed by atoms with van der Waals surface area (Å²) in [6, 6.07) is 15.7. The molecule has 0 atom stereocenters. The SMILES string of the molecule is COc1ccc(-c2noc(CSc3nnc(C4CC4)n3-c3ccccc3)n2)c(OC)c1. The van der Waals surface area contributed by atoms with Gasteiger partial charge in [0.1, 0.15) is 17.3 Å². The summed E-state index contributed by atoms with van der Waals surface area (Å²) in [4.78, 5) is 4.54. The van der Waals surface area contributed by atoms with E-state index in [9.17, 15) is 0 Å². The van der Waals surface area contributed by atoms with Gasteiger partial charge in [0.05, 0.1) is 25.5 Å². The van der Waals surface area contributed by atoms with Crippen LogP contribution in [-0.2, 0) is 5.75 Å². The Morgan fingerprint density at radius 2 is 1.90 bits per heavy atom. The van der Waals surface area contributed by atoms with E-state index in [4.69, 9.17) is 14.0 Å². The number of rotatable bonds is 8. The van der Waals surface area contributed by atoms with E-state index in [-0.39, 0.29) is 0 Å². The number of hydrogen-bond donors (Lipinski definition) is 0. The fourth-order valence-electron chi connectivity index (χ4n) is 3.33. The van der Waals surface area contributed by atoms with Crippen molar-refractivity contribution in [3.8, 4) is 28.6 Å². The predicted molar refractivity (Wildman–Crippen MR) is 116 cm³/mol. The Labute approximate surface area is 183 Å². The molecule has 1 saturated carbocycles. The van der Waals surface area contributed by atoms with Gasteiger partial charge in [-0.2, -0.15) is 4.98 Å². The maximum Gasteiger partial charge on any atom is 0.237 e. The molecule has 158 valence electrons. The van der Waals surface area contributed by atoms with Gasteiger partial charge in [-0.05, 0) is 37.1 Å². The topological polar surface area (TPSA) is 88.1 Å². The smallest absolute Gasteiger partial charge is 0.237 e. The zero-order chi connectivity index (χ0) is 21.2. The minimum atomic E-state index is 0.471. The number of aromatic nitrogens is 5. The fourth-order valence-corrected chi connectivity index (χ4v) is 4.13. The first kappa shape index (κ1) is 19.6. The summed E-state index contributed by atoms with van der Waals surface area (Å²) in [6.07, 6.45) is 2.32. The molecule has 2 aromatic carbocycles. The lowest BCUT2D eigenvalue weighted by atomic mass is 10.2. The summed E-state index contributed by atoms with van der Waals surface area (Å²) < 4.78 is 18.3. The molecule has 1 aliphatic carbocycles. The lowest BCUT2D eigenvalue weighted by molar-refractivity contribution is 0.388. The third-order valence-electron chi connectivity index (χ3n) is 5.06. The summed E-state index contributed by atoms with van der Waals surface area (Å²) in [7, 11) is 3.21. The first-order chi connectivity index (χ1) is 15.3. The molecule has 0 bridgehead atoms. The average molecular weight is 436 g/mol. The number of ether oxygens (including phenoxy) is 2. The Hall–Kier alpha value is -3.33. The van der Waals surface area contributed by atoms with E-state index in [1.807, 2.05) is 30.3 Å². The molecular formula is C22H21N5O3S. The first-order valence-electron chi connectivity index (χ1n) is 9.95. The highest BCUT2D eigenvalue weighted by molar-refractivity contribution is 7.98. The van der Waals surface area contributed by atoms with Crippen LogP contribution in [-0.4, -0.2) is 39.1 Å². The van der Waals surface area contributed by atoms with E-state index in [2.05, 4.69) is 37.0 Å². The van der Waals surface area contributed by atoms with Crippen LogP contribution in [0.25, 0.3) is 17.1 Å². The summed E-state index contributed by atoms with van der Waals surface area (Å²) >= 11 is 1.53. The van der Waals surface area contributed by atoms with E-state index in [0.717, 1.165) is 35.1 Å². The Kier molecular flexibility index (Phi) is 5.33. The molecule has 0 amide bonds. The second-order valence-electron chi connectivity index (χ2n) is 7.15. The van der Waals surface area contributed by atoms with Crippen LogP contribution in [0.1, 0.15) is 30.5 Å². The molecule has 2 heterocycles. The summed E-state index contributed by atoms with van der Waals surface area (Å²) in [6.45, 7) is 0. The van der Waals surface area contributed by atoms with Crippen LogP contribution >= 0.6 is 11.8 Å². The Bertz CT molecular complexity index is 1190. The third kappa shape index (κ3) is 4.00. The lowest BCUT2D eigenvalue weighted by Gasteiger charge is -2.09. The van der Waals surface area contributed by atoms with Crippen LogP contribution in [0.3, 0.4) is 0 Å². The van der Waals surface area contributed by atoms with Gasteiger partial charge >= 0.3 is 0 Å². The van der Waals surface area contributed by atoms with Gasteiger partial charge in [-0.1, -0.05) is 35.1 Å². The van der Waals surface area contributed by atoms with Gasteiger partial charge in [-0.25, -0.2) is 0 Å². The summed E-state index contributed by atoms with van der Waals surface area (Å²) in [5, 5.41) is 13.8. The minimum Gasteiger partial charge on any atom is -0.497 e. The molecule has 0 N–H and O–H groups in total. The molecular weight excluding hydrogens is 414 g/mol. The summed E-state index contributed by atoms with van der Waals surface area (Å²) in [5.41, 5.74) is 1.80. The lowest BCUT2D eigenvalue weighted by Crippen LogP contribution is -2.01. The maximum absolute atomic E-state index is 5.48. The van der Waals surface area contributed by atoms with Crippen molar-refractivity contribution in [2.24, 2.45) is 0 Å². The number of benzene rings is 2. The van der Waals surface area contributed by atoms with Crippen LogP contribution in [0.5, 0.6) is 11.5 Å². The molecule has 0 radical (unpaired) electrons. The zero-order valence-corrected chi connectivity index (χ0v) is 18.0. The van der Waals surface area contributed by atoms with E-state index in [1.165, 1.54) is 11.8 Å². The number of thioether (sulfide) groups is 1. The van der Waals surface area contributed by atoms with Crippen molar-refractivity contribution < 1.29 is 14.0 Å². The maximum atomic E-state index is 5.48. The predicted octanol–water partition coefficient (Wildman–Crippen LogP) is 4.50. The number of nitrogens with zero attached hydrogens (tertiary/aromatic N) is 5. The number of hydrogen-bond acceptors (Lipinski definition) is 8.